The Morgan fingerprint density at radius 2 is 2.09 bits per heavy atom. The number of rotatable bonds is 6. The molecule has 1 aliphatic heterocycles. The van der Waals surface area contributed by atoms with E-state index in [1.165, 1.54) is 19.2 Å². The van der Waals surface area contributed by atoms with Crippen LogP contribution < -0.4 is 9.47 Å². The molecule has 8 heteroatoms. The van der Waals surface area contributed by atoms with Crippen LogP contribution in [-0.2, 0) is 14.3 Å². The van der Waals surface area contributed by atoms with E-state index in [-0.39, 0.29) is 18.7 Å². The number of hydrogen-bond acceptors (Lipinski definition) is 7. The van der Waals surface area contributed by atoms with Crippen LogP contribution in [0, 0.1) is 0 Å². The van der Waals surface area contributed by atoms with Gasteiger partial charge in [0.05, 0.1) is 25.8 Å². The van der Waals surface area contributed by atoms with Crippen molar-refractivity contribution in [3.63, 3.8) is 0 Å². The number of ether oxygens (including phenoxy) is 4. The summed E-state index contributed by atoms with van der Waals surface area (Å²) in [6.07, 6.45) is -0.728. The van der Waals surface area contributed by atoms with Crippen LogP contribution in [0.5, 0.6) is 11.5 Å². The van der Waals surface area contributed by atoms with Crippen LogP contribution in [0.3, 0.4) is 0 Å². The van der Waals surface area contributed by atoms with Gasteiger partial charge in [-0.2, -0.15) is 0 Å². The molecule has 1 aromatic rings. The standard InChI is InChI=1S/C15H17NO7/c1-3-21-11-5-4-10(8-12(11)20-2)14(18)23-9-13(17)16-6-7-22-15(16)19/h4-5,8H,3,6-7,9H2,1-2H3. The van der Waals surface area contributed by atoms with Gasteiger partial charge in [0.25, 0.3) is 5.91 Å². The van der Waals surface area contributed by atoms with Gasteiger partial charge in [0, 0.05) is 0 Å². The van der Waals surface area contributed by atoms with Gasteiger partial charge >= 0.3 is 12.1 Å². The number of imide groups is 1. The summed E-state index contributed by atoms with van der Waals surface area (Å²) >= 11 is 0. The molecule has 0 unspecified atom stereocenters. The Morgan fingerprint density at radius 1 is 1.30 bits per heavy atom. The summed E-state index contributed by atoms with van der Waals surface area (Å²) in [6, 6.07) is 4.55. The number of carbonyl (C=O) groups excluding carboxylic acids is 3. The molecule has 0 atom stereocenters. The molecule has 8 nitrogen and oxygen atoms in total. The van der Waals surface area contributed by atoms with Crippen LogP contribution in [0.2, 0.25) is 0 Å². The minimum absolute atomic E-state index is 0.147. The molecular weight excluding hydrogens is 306 g/mol. The molecule has 1 heterocycles. The van der Waals surface area contributed by atoms with E-state index < -0.39 is 24.6 Å². The lowest BCUT2D eigenvalue weighted by atomic mass is 10.2. The van der Waals surface area contributed by atoms with Crippen LogP contribution in [0.15, 0.2) is 18.2 Å². The molecule has 124 valence electrons. The van der Waals surface area contributed by atoms with Crippen LogP contribution >= 0.6 is 0 Å². The zero-order valence-electron chi connectivity index (χ0n) is 12.9. The minimum Gasteiger partial charge on any atom is -0.493 e. The molecule has 1 aromatic carbocycles. The molecule has 23 heavy (non-hydrogen) atoms. The fourth-order valence-corrected chi connectivity index (χ4v) is 1.98. The lowest BCUT2D eigenvalue weighted by molar-refractivity contribution is -0.131. The van der Waals surface area contributed by atoms with Crippen molar-refractivity contribution in [3.8, 4) is 11.5 Å². The highest BCUT2D eigenvalue weighted by Crippen LogP contribution is 2.28. The number of cyclic esters (lactones) is 1. The van der Waals surface area contributed by atoms with E-state index in [1.807, 2.05) is 6.92 Å². The second-order valence-electron chi connectivity index (χ2n) is 4.53. The Morgan fingerprint density at radius 3 is 2.70 bits per heavy atom. The number of nitrogens with zero attached hydrogens (tertiary/aromatic N) is 1. The summed E-state index contributed by atoms with van der Waals surface area (Å²) in [7, 11) is 1.45. The third kappa shape index (κ3) is 3.91. The van der Waals surface area contributed by atoms with Gasteiger partial charge in [-0.05, 0) is 25.1 Å². The Bertz CT molecular complexity index is 614. The second kappa shape index (κ2) is 7.48. The molecule has 0 aliphatic carbocycles. The van der Waals surface area contributed by atoms with Gasteiger partial charge in [-0.3, -0.25) is 4.79 Å². The van der Waals surface area contributed by atoms with Crippen molar-refractivity contribution < 1.29 is 33.3 Å². The van der Waals surface area contributed by atoms with Crippen LogP contribution in [-0.4, -0.2) is 56.3 Å². The van der Waals surface area contributed by atoms with E-state index in [0.717, 1.165) is 4.90 Å². The molecule has 1 aliphatic rings. The Balaban J connectivity index is 1.97. The Kier molecular flexibility index (Phi) is 5.40. The first-order chi connectivity index (χ1) is 11.1. The molecule has 0 saturated carbocycles. The highest BCUT2D eigenvalue weighted by Gasteiger charge is 2.29. The van der Waals surface area contributed by atoms with Crippen LogP contribution in [0.4, 0.5) is 4.79 Å². The van der Waals surface area contributed by atoms with Crippen molar-refractivity contribution in [2.45, 2.75) is 6.92 Å². The largest absolute Gasteiger partial charge is 0.493 e. The summed E-state index contributed by atoms with van der Waals surface area (Å²) in [5.74, 6) is -0.441. The summed E-state index contributed by atoms with van der Waals surface area (Å²) in [5.41, 5.74) is 0.210. The van der Waals surface area contributed by atoms with Crippen molar-refractivity contribution >= 4 is 18.0 Å². The Hall–Kier alpha value is -2.77. The Labute approximate surface area is 132 Å². The van der Waals surface area contributed by atoms with E-state index in [2.05, 4.69) is 4.74 Å². The molecule has 0 bridgehead atoms. The number of benzene rings is 1. The second-order valence-corrected chi connectivity index (χ2v) is 4.53. The number of carbonyl (C=O) groups is 3. The van der Waals surface area contributed by atoms with Gasteiger partial charge in [-0.15, -0.1) is 0 Å². The van der Waals surface area contributed by atoms with Crippen molar-refractivity contribution in [3.05, 3.63) is 23.8 Å². The van der Waals surface area contributed by atoms with Gasteiger partial charge in [0.1, 0.15) is 6.61 Å². The van der Waals surface area contributed by atoms with Crippen molar-refractivity contribution in [2.75, 3.05) is 33.5 Å². The summed E-state index contributed by atoms with van der Waals surface area (Å²) in [6.45, 7) is 2.06. The van der Waals surface area contributed by atoms with Gasteiger partial charge < -0.3 is 18.9 Å². The van der Waals surface area contributed by atoms with E-state index in [9.17, 15) is 14.4 Å². The first kappa shape index (κ1) is 16.6. The molecule has 0 aromatic heterocycles. The molecule has 0 N–H and O–H groups in total. The van der Waals surface area contributed by atoms with Gasteiger partial charge in [-0.25, -0.2) is 14.5 Å². The number of methoxy groups -OCH3 is 1. The lowest BCUT2D eigenvalue weighted by Crippen LogP contribution is -2.35. The van der Waals surface area contributed by atoms with Gasteiger partial charge in [-0.1, -0.05) is 0 Å². The summed E-state index contributed by atoms with van der Waals surface area (Å²) in [4.78, 5) is 35.9. The van der Waals surface area contributed by atoms with E-state index >= 15 is 0 Å². The quantitative estimate of drug-likeness (QED) is 0.727. The predicted molar refractivity (Wildman–Crippen MR) is 77.5 cm³/mol. The summed E-state index contributed by atoms with van der Waals surface area (Å²) in [5, 5.41) is 0. The average molecular weight is 323 g/mol. The molecule has 1 fully saturated rings. The molecule has 0 spiro atoms. The molecule has 0 radical (unpaired) electrons. The highest BCUT2D eigenvalue weighted by atomic mass is 16.6. The topological polar surface area (TPSA) is 91.4 Å². The smallest absolute Gasteiger partial charge is 0.416 e. The zero-order chi connectivity index (χ0) is 16.8. The molecule has 2 amide bonds. The van der Waals surface area contributed by atoms with Crippen LogP contribution in [0.25, 0.3) is 0 Å². The maximum absolute atomic E-state index is 12.0. The lowest BCUT2D eigenvalue weighted by Gasteiger charge is -2.12. The van der Waals surface area contributed by atoms with Crippen molar-refractivity contribution in [2.24, 2.45) is 0 Å². The van der Waals surface area contributed by atoms with E-state index in [0.29, 0.717) is 18.1 Å². The highest BCUT2D eigenvalue weighted by molar-refractivity contribution is 5.96. The minimum atomic E-state index is -0.728. The fraction of sp³-hybridized carbons (Fsp3) is 0.400. The van der Waals surface area contributed by atoms with Crippen molar-refractivity contribution in [1.29, 1.82) is 0 Å². The first-order valence-electron chi connectivity index (χ1n) is 7.02. The number of esters is 1. The molecule has 2 rings (SSSR count). The first-order valence-corrected chi connectivity index (χ1v) is 7.02. The van der Waals surface area contributed by atoms with Gasteiger partial charge in [0.2, 0.25) is 0 Å². The normalized spacial score (nSPS) is 13.5. The molecule has 1 saturated heterocycles. The zero-order valence-corrected chi connectivity index (χ0v) is 12.9. The van der Waals surface area contributed by atoms with Crippen molar-refractivity contribution in [1.82, 2.24) is 4.90 Å². The molecular formula is C15H17NO7. The van der Waals surface area contributed by atoms with Gasteiger partial charge in [0.15, 0.2) is 18.1 Å². The van der Waals surface area contributed by atoms with E-state index in [4.69, 9.17) is 14.2 Å². The number of amides is 2. The fourth-order valence-electron chi connectivity index (χ4n) is 1.98. The monoisotopic (exact) mass is 323 g/mol. The third-order valence-electron chi connectivity index (χ3n) is 3.09. The van der Waals surface area contributed by atoms with E-state index in [1.54, 1.807) is 6.07 Å². The number of hydrogen-bond donors (Lipinski definition) is 0. The maximum atomic E-state index is 12.0. The summed E-state index contributed by atoms with van der Waals surface area (Å²) < 4.78 is 20.0. The predicted octanol–water partition coefficient (Wildman–Crippen LogP) is 1.23. The average Bonchev–Trinajstić information content (AvgIpc) is 2.99. The maximum Gasteiger partial charge on any atom is 0.416 e. The third-order valence-corrected chi connectivity index (χ3v) is 3.09. The van der Waals surface area contributed by atoms with Crippen LogP contribution in [0.1, 0.15) is 17.3 Å². The SMILES string of the molecule is CCOc1ccc(C(=O)OCC(=O)N2CCOC2=O)cc1OC.